The summed E-state index contributed by atoms with van der Waals surface area (Å²) in [5, 5.41) is 2.89. The molecule has 2 aromatic rings. The van der Waals surface area contributed by atoms with E-state index in [4.69, 9.17) is 9.47 Å². The molecule has 0 spiro atoms. The van der Waals surface area contributed by atoms with Gasteiger partial charge in [-0.2, -0.15) is 0 Å². The Hall–Kier alpha value is -3.06. The van der Waals surface area contributed by atoms with Gasteiger partial charge < -0.3 is 24.6 Å². The summed E-state index contributed by atoms with van der Waals surface area (Å²) in [6, 6.07) is 12.4. The Morgan fingerprint density at radius 2 is 1.62 bits per heavy atom. The lowest BCUT2D eigenvalue weighted by atomic mass is 10.1. The molecule has 0 unspecified atom stereocenters. The highest BCUT2D eigenvalue weighted by Gasteiger charge is 2.21. The number of carbonyl (C=O) groups is 2. The number of piperazine rings is 1. The number of hydrogen-bond donors (Lipinski definition) is 1. The number of methoxy groups -OCH3 is 2. The molecule has 2 aromatic carbocycles. The van der Waals surface area contributed by atoms with E-state index in [1.54, 1.807) is 44.6 Å². The van der Waals surface area contributed by atoms with Crippen LogP contribution in [0.3, 0.4) is 0 Å². The van der Waals surface area contributed by atoms with E-state index in [0.717, 1.165) is 18.7 Å². The minimum absolute atomic E-state index is 0.0346. The normalized spacial score (nSPS) is 14.4. The number of likely N-dealkylation sites (N-methyl/N-ethyl adjacent to an activating group) is 1. The van der Waals surface area contributed by atoms with Gasteiger partial charge in [-0.1, -0.05) is 12.1 Å². The fourth-order valence-corrected chi connectivity index (χ4v) is 3.26. The fourth-order valence-electron chi connectivity index (χ4n) is 3.26. The summed E-state index contributed by atoms with van der Waals surface area (Å²) in [6.07, 6.45) is 0. The summed E-state index contributed by atoms with van der Waals surface area (Å²) in [5.74, 6) is 0.983. The quantitative estimate of drug-likeness (QED) is 0.808. The topological polar surface area (TPSA) is 71.1 Å². The number of amides is 2. The van der Waals surface area contributed by atoms with Gasteiger partial charge in [-0.05, 0) is 42.9 Å². The van der Waals surface area contributed by atoms with Crippen molar-refractivity contribution in [2.24, 2.45) is 0 Å². The predicted molar refractivity (Wildman–Crippen MR) is 111 cm³/mol. The molecule has 2 amide bonds. The number of hydrogen-bond acceptors (Lipinski definition) is 5. The first-order valence-electron chi connectivity index (χ1n) is 9.59. The third-order valence-electron chi connectivity index (χ3n) is 5.06. The monoisotopic (exact) mass is 397 g/mol. The SMILES string of the molecule is COc1ccc(CNC(=O)c2cccc(C(=O)N3CCN(C)CC3)c2)cc1OC. The predicted octanol–water partition coefficient (Wildman–Crippen LogP) is 2.02. The minimum atomic E-state index is -0.229. The van der Waals surface area contributed by atoms with E-state index in [2.05, 4.69) is 10.2 Å². The highest BCUT2D eigenvalue weighted by atomic mass is 16.5. The number of benzene rings is 2. The van der Waals surface area contributed by atoms with Crippen molar-refractivity contribution in [1.29, 1.82) is 0 Å². The zero-order valence-electron chi connectivity index (χ0n) is 17.1. The molecule has 1 aliphatic heterocycles. The van der Waals surface area contributed by atoms with E-state index in [1.807, 2.05) is 24.1 Å². The Balaban J connectivity index is 1.64. The molecule has 0 aromatic heterocycles. The molecule has 0 aliphatic carbocycles. The molecule has 0 radical (unpaired) electrons. The van der Waals surface area contributed by atoms with Gasteiger partial charge in [0.2, 0.25) is 0 Å². The first-order chi connectivity index (χ1) is 14.0. The summed E-state index contributed by atoms with van der Waals surface area (Å²) in [6.45, 7) is 3.46. The van der Waals surface area contributed by atoms with E-state index in [0.29, 0.717) is 42.3 Å². The zero-order chi connectivity index (χ0) is 20.8. The molecule has 29 heavy (non-hydrogen) atoms. The van der Waals surface area contributed by atoms with Crippen LogP contribution in [-0.4, -0.2) is 69.1 Å². The third kappa shape index (κ3) is 5.06. The number of ether oxygens (including phenoxy) is 2. The van der Waals surface area contributed by atoms with Crippen molar-refractivity contribution in [3.8, 4) is 11.5 Å². The van der Waals surface area contributed by atoms with Gasteiger partial charge in [0.1, 0.15) is 0 Å². The maximum Gasteiger partial charge on any atom is 0.253 e. The Labute approximate surface area is 171 Å². The zero-order valence-corrected chi connectivity index (χ0v) is 17.1. The second-order valence-electron chi connectivity index (χ2n) is 7.05. The van der Waals surface area contributed by atoms with Gasteiger partial charge in [-0.25, -0.2) is 0 Å². The Morgan fingerprint density at radius 1 is 0.931 bits per heavy atom. The van der Waals surface area contributed by atoms with E-state index in [9.17, 15) is 9.59 Å². The Kier molecular flexibility index (Phi) is 6.72. The molecular formula is C22H27N3O4. The summed E-state index contributed by atoms with van der Waals surface area (Å²) in [4.78, 5) is 29.4. The molecule has 0 atom stereocenters. The largest absolute Gasteiger partial charge is 0.493 e. The number of carbonyl (C=O) groups excluding carboxylic acids is 2. The van der Waals surface area contributed by atoms with Gasteiger partial charge in [-0.15, -0.1) is 0 Å². The molecule has 0 saturated carbocycles. The molecule has 1 aliphatic rings. The lowest BCUT2D eigenvalue weighted by molar-refractivity contribution is 0.0664. The molecule has 0 bridgehead atoms. The Bertz CT molecular complexity index is 876. The van der Waals surface area contributed by atoms with E-state index in [1.165, 1.54) is 0 Å². The van der Waals surface area contributed by atoms with Crippen molar-refractivity contribution >= 4 is 11.8 Å². The lowest BCUT2D eigenvalue weighted by Gasteiger charge is -2.32. The second-order valence-corrected chi connectivity index (χ2v) is 7.05. The van der Waals surface area contributed by atoms with Crippen LogP contribution in [0.5, 0.6) is 11.5 Å². The molecule has 7 nitrogen and oxygen atoms in total. The van der Waals surface area contributed by atoms with Crippen molar-refractivity contribution in [2.45, 2.75) is 6.54 Å². The van der Waals surface area contributed by atoms with Crippen LogP contribution in [0.2, 0.25) is 0 Å². The smallest absolute Gasteiger partial charge is 0.253 e. The number of rotatable bonds is 6. The lowest BCUT2D eigenvalue weighted by Crippen LogP contribution is -2.47. The molecule has 1 saturated heterocycles. The van der Waals surface area contributed by atoms with Crippen molar-refractivity contribution in [1.82, 2.24) is 15.1 Å². The van der Waals surface area contributed by atoms with Gasteiger partial charge >= 0.3 is 0 Å². The van der Waals surface area contributed by atoms with Crippen molar-refractivity contribution in [2.75, 3.05) is 47.4 Å². The van der Waals surface area contributed by atoms with E-state index >= 15 is 0 Å². The van der Waals surface area contributed by atoms with Crippen LogP contribution in [0, 0.1) is 0 Å². The van der Waals surface area contributed by atoms with Crippen LogP contribution < -0.4 is 14.8 Å². The van der Waals surface area contributed by atoms with E-state index < -0.39 is 0 Å². The average Bonchev–Trinajstić information content (AvgIpc) is 2.77. The van der Waals surface area contributed by atoms with Gasteiger partial charge in [0.05, 0.1) is 14.2 Å². The molecule has 154 valence electrons. The minimum Gasteiger partial charge on any atom is -0.493 e. The van der Waals surface area contributed by atoms with Gasteiger partial charge in [0.15, 0.2) is 11.5 Å². The first-order valence-corrected chi connectivity index (χ1v) is 9.59. The molecule has 3 rings (SSSR count). The molecule has 1 N–H and O–H groups in total. The van der Waals surface area contributed by atoms with Crippen molar-refractivity contribution in [3.05, 3.63) is 59.2 Å². The maximum atomic E-state index is 12.7. The van der Waals surface area contributed by atoms with Gasteiger partial charge in [-0.3, -0.25) is 9.59 Å². The summed E-state index contributed by atoms with van der Waals surface area (Å²) in [5.41, 5.74) is 1.89. The maximum absolute atomic E-state index is 12.7. The number of nitrogens with zero attached hydrogens (tertiary/aromatic N) is 2. The van der Waals surface area contributed by atoms with Crippen LogP contribution in [0.15, 0.2) is 42.5 Å². The highest BCUT2D eigenvalue weighted by Crippen LogP contribution is 2.27. The molecule has 7 heteroatoms. The van der Waals surface area contributed by atoms with E-state index in [-0.39, 0.29) is 11.8 Å². The summed E-state index contributed by atoms with van der Waals surface area (Å²) < 4.78 is 10.5. The van der Waals surface area contributed by atoms with Crippen LogP contribution >= 0.6 is 0 Å². The van der Waals surface area contributed by atoms with Gasteiger partial charge in [0, 0.05) is 43.9 Å². The molecule has 1 heterocycles. The third-order valence-corrected chi connectivity index (χ3v) is 5.06. The van der Waals surface area contributed by atoms with Crippen molar-refractivity contribution < 1.29 is 19.1 Å². The van der Waals surface area contributed by atoms with Crippen LogP contribution in [0.4, 0.5) is 0 Å². The highest BCUT2D eigenvalue weighted by molar-refractivity contribution is 5.99. The number of nitrogens with one attached hydrogen (secondary N) is 1. The van der Waals surface area contributed by atoms with Crippen molar-refractivity contribution in [3.63, 3.8) is 0 Å². The Morgan fingerprint density at radius 3 is 2.31 bits per heavy atom. The molecule has 1 fully saturated rings. The van der Waals surface area contributed by atoms with Crippen LogP contribution in [-0.2, 0) is 6.54 Å². The van der Waals surface area contributed by atoms with Crippen LogP contribution in [0.1, 0.15) is 26.3 Å². The fraction of sp³-hybridized carbons (Fsp3) is 0.364. The first kappa shape index (κ1) is 20.7. The van der Waals surface area contributed by atoms with Crippen LogP contribution in [0.25, 0.3) is 0 Å². The second kappa shape index (κ2) is 9.43. The standard InChI is InChI=1S/C22H27N3O4/c1-24-9-11-25(12-10-24)22(27)18-6-4-5-17(14-18)21(26)23-15-16-7-8-19(28-2)20(13-16)29-3/h4-8,13-14H,9-12,15H2,1-3H3,(H,23,26). The summed E-state index contributed by atoms with van der Waals surface area (Å²) >= 11 is 0. The van der Waals surface area contributed by atoms with Gasteiger partial charge in [0.25, 0.3) is 11.8 Å². The average molecular weight is 397 g/mol. The summed E-state index contributed by atoms with van der Waals surface area (Å²) in [7, 11) is 5.20. The molecular weight excluding hydrogens is 370 g/mol.